The fraction of sp³-hybridized carbons (Fsp3) is 0.692. The Labute approximate surface area is 224 Å². The molecule has 0 radical (unpaired) electrons. The van der Waals surface area contributed by atoms with Crippen LogP contribution in [0.25, 0.3) is 0 Å². The Morgan fingerprint density at radius 2 is 1.64 bits per heavy atom. The van der Waals surface area contributed by atoms with Crippen molar-refractivity contribution in [2.24, 2.45) is 17.3 Å². The van der Waals surface area contributed by atoms with Gasteiger partial charge in [-0.15, -0.1) is 0 Å². The second kappa shape index (κ2) is 9.97. The van der Waals surface area contributed by atoms with Gasteiger partial charge in [-0.2, -0.15) is 0 Å². The minimum atomic E-state index is -2.30. The van der Waals surface area contributed by atoms with E-state index in [-0.39, 0.29) is 12.2 Å². The molecule has 3 fully saturated rings. The molecule has 2 heterocycles. The van der Waals surface area contributed by atoms with E-state index in [1.54, 1.807) is 0 Å². The molecule has 4 aliphatic rings. The molecular weight excluding hydrogens is 520 g/mol. The maximum Gasteiger partial charge on any atom is 0.312 e. The molecular formula is C26H34O13. The van der Waals surface area contributed by atoms with Gasteiger partial charge in [0.15, 0.2) is 17.8 Å². The Kier molecular flexibility index (Phi) is 7.45. The zero-order chi connectivity index (χ0) is 29.1. The molecule has 4 N–H and O–H groups in total. The largest absolute Gasteiger partial charge is 0.459 e. The van der Waals surface area contributed by atoms with Crippen LogP contribution in [0, 0.1) is 17.3 Å². The van der Waals surface area contributed by atoms with E-state index >= 15 is 0 Å². The molecule has 0 aromatic carbocycles. The average molecular weight is 555 g/mol. The smallest absolute Gasteiger partial charge is 0.312 e. The first-order valence-corrected chi connectivity index (χ1v) is 12.6. The highest BCUT2D eigenvalue weighted by atomic mass is 16.6. The van der Waals surface area contributed by atoms with E-state index in [0.29, 0.717) is 0 Å². The van der Waals surface area contributed by atoms with Crippen molar-refractivity contribution in [2.45, 2.75) is 82.4 Å². The van der Waals surface area contributed by atoms with E-state index in [0.717, 1.165) is 20.8 Å². The highest BCUT2D eigenvalue weighted by Gasteiger charge is 2.79. The van der Waals surface area contributed by atoms with Crippen LogP contribution in [-0.2, 0) is 42.9 Å². The van der Waals surface area contributed by atoms with Crippen molar-refractivity contribution in [2.75, 3.05) is 13.2 Å². The fourth-order valence-electron chi connectivity index (χ4n) is 6.44. The van der Waals surface area contributed by atoms with E-state index < -0.39 is 95.6 Å². The summed E-state index contributed by atoms with van der Waals surface area (Å²) in [4.78, 5) is 49.5. The third-order valence-corrected chi connectivity index (χ3v) is 8.47. The molecule has 0 aromatic heterocycles. The zero-order valence-electron chi connectivity index (χ0n) is 22.2. The molecule has 1 saturated carbocycles. The Morgan fingerprint density at radius 1 is 1.05 bits per heavy atom. The number of esters is 4. The van der Waals surface area contributed by atoms with Gasteiger partial charge in [0.1, 0.15) is 30.0 Å². The third kappa shape index (κ3) is 4.45. The van der Waals surface area contributed by atoms with Crippen molar-refractivity contribution in [3.8, 4) is 0 Å². The molecule has 2 saturated heterocycles. The number of carbonyl (C=O) groups excluding carboxylic acids is 4. The van der Waals surface area contributed by atoms with Gasteiger partial charge in [0.25, 0.3) is 0 Å². The molecule has 2 aliphatic carbocycles. The van der Waals surface area contributed by atoms with E-state index in [1.807, 2.05) is 0 Å². The molecule has 13 heteroatoms. The van der Waals surface area contributed by atoms with Gasteiger partial charge in [0.2, 0.25) is 0 Å². The van der Waals surface area contributed by atoms with Gasteiger partial charge in [0, 0.05) is 32.1 Å². The maximum absolute atomic E-state index is 12.8. The van der Waals surface area contributed by atoms with Crippen molar-refractivity contribution in [3.63, 3.8) is 0 Å². The van der Waals surface area contributed by atoms with Gasteiger partial charge >= 0.3 is 23.9 Å². The molecule has 39 heavy (non-hydrogen) atoms. The molecule has 0 bridgehead atoms. The molecule has 11 atom stereocenters. The lowest BCUT2D eigenvalue weighted by molar-refractivity contribution is -0.273. The van der Waals surface area contributed by atoms with Crippen LogP contribution in [0.2, 0.25) is 0 Å². The predicted octanol–water partition coefficient (Wildman–Crippen LogP) is -1.31. The SMILES string of the molecule is CC(=O)O[C@H]1[C@@H](O)[C@]2(CO2)[C@@H]2[C@H](OC(C)=O)[C@@]3(O)[C@H](/C=C(CO)\C=C\[C@H](OC(C)=O)[C@@]2(C)[C@H]1O)OC(=O)[C@@H]3C. The number of carbonyl (C=O) groups is 4. The Hall–Kier alpha value is -2.84. The van der Waals surface area contributed by atoms with Crippen LogP contribution in [0.3, 0.4) is 0 Å². The molecule has 13 nitrogen and oxygen atoms in total. The van der Waals surface area contributed by atoms with Crippen molar-refractivity contribution < 1.29 is 63.3 Å². The molecule has 2 aliphatic heterocycles. The van der Waals surface area contributed by atoms with Crippen LogP contribution in [0.1, 0.15) is 34.6 Å². The number of hydrogen-bond donors (Lipinski definition) is 4. The molecule has 216 valence electrons. The van der Waals surface area contributed by atoms with Crippen molar-refractivity contribution in [1.29, 1.82) is 0 Å². The number of epoxide rings is 1. The second-order valence-electron chi connectivity index (χ2n) is 10.8. The van der Waals surface area contributed by atoms with Crippen molar-refractivity contribution in [1.82, 2.24) is 0 Å². The Morgan fingerprint density at radius 3 is 2.15 bits per heavy atom. The number of aliphatic hydroxyl groups excluding tert-OH is 3. The number of rotatable bonds is 4. The standard InChI is InChI=1S/C26H34O13/c1-11-23(33)39-17-8-15(9-27)6-7-16(36-12(2)28)24(5)19(22(26(11,17)34)38-14(4)30)25(10-35-25)21(32)18(20(24)31)37-13(3)29/h6-8,11,16-22,27,31-32,34H,9-10H2,1-5H3/b7-6+,15-8+/t11-,16-,17-,18+,19+,20-,21+,22-,24+,25-,26-/m0/s1. The summed E-state index contributed by atoms with van der Waals surface area (Å²) in [5.41, 5.74) is -5.61. The van der Waals surface area contributed by atoms with Gasteiger partial charge in [-0.1, -0.05) is 13.0 Å². The molecule has 0 unspecified atom stereocenters. The predicted molar refractivity (Wildman–Crippen MR) is 127 cm³/mol. The quantitative estimate of drug-likeness (QED) is 0.182. The summed E-state index contributed by atoms with van der Waals surface area (Å²) in [6.45, 7) is 5.36. The first-order chi connectivity index (χ1) is 18.1. The van der Waals surface area contributed by atoms with Gasteiger partial charge in [-0.25, -0.2) is 0 Å². The topological polar surface area (TPSA) is 199 Å². The van der Waals surface area contributed by atoms with Crippen LogP contribution in [0.4, 0.5) is 0 Å². The van der Waals surface area contributed by atoms with Crippen LogP contribution in [-0.4, -0.2) is 105 Å². The highest BCUT2D eigenvalue weighted by molar-refractivity contribution is 5.78. The number of fused-ring (bicyclic) bond motifs is 3. The van der Waals surface area contributed by atoms with Crippen LogP contribution >= 0.6 is 0 Å². The number of ether oxygens (including phenoxy) is 5. The molecule has 4 rings (SSSR count). The molecule has 1 spiro atoms. The summed E-state index contributed by atoms with van der Waals surface area (Å²) in [6, 6.07) is 0. The van der Waals surface area contributed by atoms with Gasteiger partial charge in [-0.3, -0.25) is 19.2 Å². The summed E-state index contributed by atoms with van der Waals surface area (Å²) in [7, 11) is 0. The number of hydrogen-bond acceptors (Lipinski definition) is 13. The first kappa shape index (κ1) is 29.2. The monoisotopic (exact) mass is 554 g/mol. The minimum absolute atomic E-state index is 0.153. The lowest BCUT2D eigenvalue weighted by Gasteiger charge is -2.58. The van der Waals surface area contributed by atoms with E-state index in [4.69, 9.17) is 23.7 Å². The summed E-state index contributed by atoms with van der Waals surface area (Å²) >= 11 is 0. The lowest BCUT2D eigenvalue weighted by atomic mass is 9.51. The van der Waals surface area contributed by atoms with Gasteiger partial charge in [-0.05, 0) is 24.6 Å². The normalized spacial score (nSPS) is 47.0. The second-order valence-corrected chi connectivity index (χ2v) is 10.8. The summed E-state index contributed by atoms with van der Waals surface area (Å²) in [5, 5.41) is 45.5. The lowest BCUT2D eigenvalue weighted by Crippen LogP contribution is -2.75. The van der Waals surface area contributed by atoms with Gasteiger partial charge in [0.05, 0.1) is 19.1 Å². The zero-order valence-corrected chi connectivity index (χ0v) is 22.2. The number of aliphatic hydroxyl groups is 4. The Bertz CT molecular complexity index is 1110. The fourth-order valence-corrected chi connectivity index (χ4v) is 6.44. The maximum atomic E-state index is 12.8. The van der Waals surface area contributed by atoms with Crippen molar-refractivity contribution >= 4 is 23.9 Å². The molecule has 0 aromatic rings. The summed E-state index contributed by atoms with van der Waals surface area (Å²) in [5.74, 6) is -5.93. The van der Waals surface area contributed by atoms with E-state index in [9.17, 15) is 39.6 Å². The Balaban J connectivity index is 2.06. The average Bonchev–Trinajstić information content (AvgIpc) is 3.61. The first-order valence-electron chi connectivity index (χ1n) is 12.6. The van der Waals surface area contributed by atoms with Crippen LogP contribution in [0.15, 0.2) is 23.8 Å². The highest BCUT2D eigenvalue weighted by Crippen LogP contribution is 2.61. The summed E-state index contributed by atoms with van der Waals surface area (Å²) in [6.07, 6.45) is -5.47. The minimum Gasteiger partial charge on any atom is -0.459 e. The van der Waals surface area contributed by atoms with Crippen molar-refractivity contribution in [3.05, 3.63) is 23.8 Å². The molecule has 0 amide bonds. The summed E-state index contributed by atoms with van der Waals surface area (Å²) < 4.78 is 27.9. The van der Waals surface area contributed by atoms with Crippen LogP contribution < -0.4 is 0 Å². The van der Waals surface area contributed by atoms with E-state index in [2.05, 4.69) is 0 Å². The van der Waals surface area contributed by atoms with E-state index in [1.165, 1.54) is 32.1 Å². The van der Waals surface area contributed by atoms with Crippen LogP contribution in [0.5, 0.6) is 0 Å². The van der Waals surface area contributed by atoms with Gasteiger partial charge < -0.3 is 44.1 Å². The third-order valence-electron chi connectivity index (χ3n) is 8.47.